The molecule has 28 heavy (non-hydrogen) atoms. The first kappa shape index (κ1) is 17.5. The van der Waals surface area contributed by atoms with Gasteiger partial charge in [0, 0.05) is 24.8 Å². The summed E-state index contributed by atoms with van der Waals surface area (Å²) in [5, 5.41) is 7.22. The van der Waals surface area contributed by atoms with Gasteiger partial charge in [-0.05, 0) is 43.5 Å². The van der Waals surface area contributed by atoms with Crippen LogP contribution in [0.1, 0.15) is 62.6 Å². The number of fused-ring (bicyclic) bond motifs is 4. The lowest BCUT2D eigenvalue weighted by molar-refractivity contribution is -0.141. The first-order chi connectivity index (χ1) is 13.7. The minimum absolute atomic E-state index is 0.127. The number of hydrogen-bond donors (Lipinski definition) is 0. The van der Waals surface area contributed by atoms with E-state index in [-0.39, 0.29) is 11.9 Å². The molecule has 2 aromatic carbocycles. The van der Waals surface area contributed by atoms with Crippen molar-refractivity contribution in [3.05, 3.63) is 59.4 Å². The summed E-state index contributed by atoms with van der Waals surface area (Å²) in [5.74, 6) is 1.47. The van der Waals surface area contributed by atoms with Crippen molar-refractivity contribution < 1.29 is 13.9 Å². The Morgan fingerprint density at radius 1 is 1.14 bits per heavy atom. The summed E-state index contributed by atoms with van der Waals surface area (Å²) in [5.41, 5.74) is 2.69. The van der Waals surface area contributed by atoms with E-state index in [0.29, 0.717) is 6.61 Å². The van der Waals surface area contributed by atoms with Gasteiger partial charge >= 0.3 is 0 Å². The highest BCUT2D eigenvalue weighted by atomic mass is 19.1. The fourth-order valence-electron chi connectivity index (χ4n) is 4.79. The Morgan fingerprint density at radius 2 is 1.93 bits per heavy atom. The zero-order valence-electron chi connectivity index (χ0n) is 16.2. The van der Waals surface area contributed by atoms with E-state index in [2.05, 4.69) is 11.1 Å². The van der Waals surface area contributed by atoms with E-state index in [0.717, 1.165) is 60.4 Å². The second-order valence-corrected chi connectivity index (χ2v) is 7.83. The van der Waals surface area contributed by atoms with Crippen LogP contribution in [0, 0.1) is 5.82 Å². The first-order valence-corrected chi connectivity index (χ1v) is 10.3. The van der Waals surface area contributed by atoms with Crippen molar-refractivity contribution in [1.82, 2.24) is 5.01 Å². The molecule has 0 radical (unpaired) electrons. The minimum Gasteiger partial charge on any atom is -0.490 e. The van der Waals surface area contributed by atoms with Crippen LogP contribution in [0.15, 0.2) is 47.6 Å². The van der Waals surface area contributed by atoms with Gasteiger partial charge in [-0.15, -0.1) is 0 Å². The van der Waals surface area contributed by atoms with E-state index in [1.165, 1.54) is 18.6 Å². The van der Waals surface area contributed by atoms with Gasteiger partial charge in [-0.2, -0.15) is 5.10 Å². The molecular formula is C23H25FN2O2. The smallest absolute Gasteiger partial charge is 0.198 e. The SMILES string of the molecule is CCOc1cccc2c1OC1(CCCCC1)N1N=C(c3ccc(F)cc3)C[C@@H]21. The quantitative estimate of drug-likeness (QED) is 0.712. The van der Waals surface area contributed by atoms with Crippen LogP contribution >= 0.6 is 0 Å². The van der Waals surface area contributed by atoms with Gasteiger partial charge in [-0.3, -0.25) is 0 Å². The van der Waals surface area contributed by atoms with E-state index in [9.17, 15) is 4.39 Å². The molecule has 4 nitrogen and oxygen atoms in total. The fourth-order valence-corrected chi connectivity index (χ4v) is 4.79. The van der Waals surface area contributed by atoms with Crippen molar-refractivity contribution in [2.45, 2.75) is 57.2 Å². The van der Waals surface area contributed by atoms with Crippen LogP contribution in [0.25, 0.3) is 0 Å². The van der Waals surface area contributed by atoms with Crippen LogP contribution in [0.4, 0.5) is 4.39 Å². The average molecular weight is 380 g/mol. The van der Waals surface area contributed by atoms with Gasteiger partial charge in [-0.25, -0.2) is 9.40 Å². The number of ether oxygens (including phenoxy) is 2. The Balaban J connectivity index is 1.59. The van der Waals surface area contributed by atoms with Crippen molar-refractivity contribution in [1.29, 1.82) is 0 Å². The maximum atomic E-state index is 13.4. The van der Waals surface area contributed by atoms with Gasteiger partial charge in [0.1, 0.15) is 5.82 Å². The monoisotopic (exact) mass is 380 g/mol. The third-order valence-corrected chi connectivity index (χ3v) is 6.10. The number of benzene rings is 2. The second kappa shape index (κ2) is 6.80. The average Bonchev–Trinajstić information content (AvgIpc) is 3.17. The summed E-state index contributed by atoms with van der Waals surface area (Å²) in [6, 6.07) is 12.9. The molecule has 0 N–H and O–H groups in total. The molecule has 0 aromatic heterocycles. The molecule has 5 heteroatoms. The van der Waals surface area contributed by atoms with E-state index in [4.69, 9.17) is 14.6 Å². The van der Waals surface area contributed by atoms with Gasteiger partial charge in [0.25, 0.3) is 0 Å². The Morgan fingerprint density at radius 3 is 2.68 bits per heavy atom. The number of para-hydroxylation sites is 1. The summed E-state index contributed by atoms with van der Waals surface area (Å²) in [6.45, 7) is 2.61. The molecule has 146 valence electrons. The molecule has 1 spiro atoms. The number of nitrogens with zero attached hydrogens (tertiary/aromatic N) is 2. The molecule has 2 aliphatic heterocycles. The van der Waals surface area contributed by atoms with Gasteiger partial charge in [0.15, 0.2) is 17.2 Å². The molecule has 2 aromatic rings. The molecule has 1 atom stereocenters. The molecule has 0 bridgehead atoms. The molecule has 2 heterocycles. The summed E-state index contributed by atoms with van der Waals surface area (Å²) in [4.78, 5) is 0. The van der Waals surface area contributed by atoms with Crippen molar-refractivity contribution in [2.75, 3.05) is 6.61 Å². The number of halogens is 1. The molecule has 1 aliphatic carbocycles. The highest BCUT2D eigenvalue weighted by molar-refractivity contribution is 6.02. The molecule has 1 fully saturated rings. The Kier molecular flexibility index (Phi) is 4.26. The van der Waals surface area contributed by atoms with Crippen LogP contribution < -0.4 is 9.47 Å². The molecule has 0 saturated heterocycles. The standard InChI is InChI=1S/C23H25FN2O2/c1-2-27-21-8-6-7-18-20-15-19(16-9-11-17(24)12-10-16)25-26(20)23(28-22(18)21)13-4-3-5-14-23/h6-12,20H,2-5,13-15H2,1H3/t20-/m0/s1. The van der Waals surface area contributed by atoms with E-state index >= 15 is 0 Å². The third-order valence-electron chi connectivity index (χ3n) is 6.10. The van der Waals surface area contributed by atoms with Crippen LogP contribution in [0.5, 0.6) is 11.5 Å². The van der Waals surface area contributed by atoms with Gasteiger partial charge < -0.3 is 9.47 Å². The lowest BCUT2D eigenvalue weighted by Gasteiger charge is -2.49. The van der Waals surface area contributed by atoms with Crippen LogP contribution in [-0.2, 0) is 0 Å². The van der Waals surface area contributed by atoms with Crippen LogP contribution in [0.2, 0.25) is 0 Å². The predicted octanol–water partition coefficient (Wildman–Crippen LogP) is 5.43. The topological polar surface area (TPSA) is 34.1 Å². The zero-order chi connectivity index (χ0) is 19.1. The largest absolute Gasteiger partial charge is 0.490 e. The van der Waals surface area contributed by atoms with Crippen molar-refractivity contribution in [3.8, 4) is 11.5 Å². The maximum Gasteiger partial charge on any atom is 0.198 e. The summed E-state index contributed by atoms with van der Waals surface area (Å²) >= 11 is 0. The van der Waals surface area contributed by atoms with Gasteiger partial charge in [0.2, 0.25) is 0 Å². The van der Waals surface area contributed by atoms with E-state index in [1.807, 2.05) is 31.2 Å². The van der Waals surface area contributed by atoms with Gasteiger partial charge in [-0.1, -0.05) is 30.7 Å². The first-order valence-electron chi connectivity index (χ1n) is 10.3. The van der Waals surface area contributed by atoms with E-state index < -0.39 is 5.72 Å². The van der Waals surface area contributed by atoms with Crippen molar-refractivity contribution in [2.24, 2.45) is 5.10 Å². The molecule has 0 amide bonds. The third kappa shape index (κ3) is 2.76. The lowest BCUT2D eigenvalue weighted by Crippen LogP contribution is -2.54. The maximum absolute atomic E-state index is 13.4. The molecule has 3 aliphatic rings. The van der Waals surface area contributed by atoms with Crippen LogP contribution in [-0.4, -0.2) is 23.1 Å². The Hall–Kier alpha value is -2.56. The van der Waals surface area contributed by atoms with E-state index in [1.54, 1.807) is 0 Å². The normalized spacial score (nSPS) is 22.3. The molecule has 1 saturated carbocycles. The van der Waals surface area contributed by atoms with Crippen LogP contribution in [0.3, 0.4) is 0 Å². The lowest BCUT2D eigenvalue weighted by atomic mass is 9.86. The Labute approximate surface area is 165 Å². The summed E-state index contributed by atoms with van der Waals surface area (Å²) < 4.78 is 26.0. The number of rotatable bonds is 3. The highest BCUT2D eigenvalue weighted by Gasteiger charge is 2.51. The summed E-state index contributed by atoms with van der Waals surface area (Å²) in [6.07, 6.45) is 6.22. The second-order valence-electron chi connectivity index (χ2n) is 7.83. The van der Waals surface area contributed by atoms with Crippen molar-refractivity contribution >= 4 is 5.71 Å². The fraction of sp³-hybridized carbons (Fsp3) is 0.435. The minimum atomic E-state index is -0.412. The number of hydrazone groups is 1. The molecular weight excluding hydrogens is 355 g/mol. The predicted molar refractivity (Wildman–Crippen MR) is 106 cm³/mol. The van der Waals surface area contributed by atoms with Crippen molar-refractivity contribution in [3.63, 3.8) is 0 Å². The molecule has 0 unspecified atom stereocenters. The molecule has 5 rings (SSSR count). The summed E-state index contributed by atoms with van der Waals surface area (Å²) in [7, 11) is 0. The Bertz CT molecular complexity index is 903. The van der Waals surface area contributed by atoms with Gasteiger partial charge in [0.05, 0.1) is 18.4 Å². The highest BCUT2D eigenvalue weighted by Crippen LogP contribution is 2.53. The number of hydrogen-bond acceptors (Lipinski definition) is 4. The zero-order valence-corrected chi connectivity index (χ0v) is 16.2.